The highest BCUT2D eigenvalue weighted by Crippen LogP contribution is 2.25. The molecule has 1 heteroatoms. The zero-order valence-electron chi connectivity index (χ0n) is 13.0. The van der Waals surface area contributed by atoms with Gasteiger partial charge in [0.25, 0.3) is 0 Å². The number of benzene rings is 2. The summed E-state index contributed by atoms with van der Waals surface area (Å²) in [5, 5.41) is 3.46. The molecule has 1 nitrogen and oxygen atoms in total. The third-order valence-corrected chi connectivity index (χ3v) is 3.75. The Bertz CT molecular complexity index is 554. The van der Waals surface area contributed by atoms with Crippen LogP contribution >= 0.6 is 0 Å². The molecule has 2 aromatic rings. The Labute approximate surface area is 123 Å². The van der Waals surface area contributed by atoms with Crippen LogP contribution in [0, 0.1) is 13.8 Å². The molecule has 0 fully saturated rings. The molecule has 0 saturated heterocycles. The molecular formula is C19H25N. The largest absolute Gasteiger partial charge is 0.314 e. The van der Waals surface area contributed by atoms with Gasteiger partial charge in [0.1, 0.15) is 0 Å². The quantitative estimate of drug-likeness (QED) is 0.840. The smallest absolute Gasteiger partial charge is 0.00790 e. The van der Waals surface area contributed by atoms with Gasteiger partial charge in [0, 0.05) is 6.04 Å². The van der Waals surface area contributed by atoms with Gasteiger partial charge >= 0.3 is 0 Å². The predicted octanol–water partition coefficient (Wildman–Crippen LogP) is 4.51. The molecule has 0 aliphatic rings. The van der Waals surface area contributed by atoms with Crippen LogP contribution in [-0.2, 0) is 6.42 Å². The standard InChI is InChI=1S/C19H25N/c1-5-20-16(4)13-17-8-10-18(11-9-17)19-12-14(2)6-7-15(19)3/h6-12,16,20H,5,13H2,1-4H3. The number of hydrogen-bond acceptors (Lipinski definition) is 1. The minimum atomic E-state index is 0.534. The van der Waals surface area contributed by atoms with Crippen LogP contribution in [0.5, 0.6) is 0 Å². The summed E-state index contributed by atoms with van der Waals surface area (Å²) in [5.41, 5.74) is 6.70. The lowest BCUT2D eigenvalue weighted by Gasteiger charge is -2.13. The van der Waals surface area contributed by atoms with Gasteiger partial charge in [-0.05, 0) is 56.0 Å². The van der Waals surface area contributed by atoms with Crippen molar-refractivity contribution in [1.82, 2.24) is 5.32 Å². The van der Waals surface area contributed by atoms with E-state index in [1.807, 2.05) is 0 Å². The lowest BCUT2D eigenvalue weighted by Crippen LogP contribution is -2.27. The van der Waals surface area contributed by atoms with Gasteiger partial charge in [-0.15, -0.1) is 0 Å². The second-order valence-electron chi connectivity index (χ2n) is 5.68. The lowest BCUT2D eigenvalue weighted by atomic mass is 9.96. The molecule has 0 aliphatic carbocycles. The molecule has 1 atom stereocenters. The molecule has 106 valence electrons. The highest BCUT2D eigenvalue weighted by molar-refractivity contribution is 5.68. The third kappa shape index (κ3) is 3.71. The van der Waals surface area contributed by atoms with E-state index in [0.29, 0.717) is 6.04 Å². The Morgan fingerprint density at radius 2 is 1.70 bits per heavy atom. The number of nitrogens with one attached hydrogen (secondary N) is 1. The SMILES string of the molecule is CCNC(C)Cc1ccc(-c2cc(C)ccc2C)cc1. The second-order valence-corrected chi connectivity index (χ2v) is 5.68. The predicted molar refractivity (Wildman–Crippen MR) is 88.2 cm³/mol. The summed E-state index contributed by atoms with van der Waals surface area (Å²) >= 11 is 0. The van der Waals surface area contributed by atoms with E-state index in [1.54, 1.807) is 0 Å². The summed E-state index contributed by atoms with van der Waals surface area (Å²) < 4.78 is 0. The molecule has 0 saturated carbocycles. The van der Waals surface area contributed by atoms with E-state index in [-0.39, 0.29) is 0 Å². The maximum atomic E-state index is 3.46. The first-order valence-corrected chi connectivity index (χ1v) is 7.50. The van der Waals surface area contributed by atoms with Crippen molar-refractivity contribution >= 4 is 0 Å². The summed E-state index contributed by atoms with van der Waals surface area (Å²) in [5.74, 6) is 0. The van der Waals surface area contributed by atoms with Crippen LogP contribution in [0.1, 0.15) is 30.5 Å². The fourth-order valence-electron chi connectivity index (χ4n) is 2.64. The molecule has 1 N–H and O–H groups in total. The second kappa shape index (κ2) is 6.71. The fourth-order valence-corrected chi connectivity index (χ4v) is 2.64. The Morgan fingerprint density at radius 1 is 1.00 bits per heavy atom. The average Bonchev–Trinajstić information content (AvgIpc) is 2.43. The lowest BCUT2D eigenvalue weighted by molar-refractivity contribution is 0.565. The molecule has 0 bridgehead atoms. The molecule has 2 rings (SSSR count). The van der Waals surface area contributed by atoms with Crippen LogP contribution in [0.4, 0.5) is 0 Å². The van der Waals surface area contributed by atoms with Crippen molar-refractivity contribution in [2.24, 2.45) is 0 Å². The summed E-state index contributed by atoms with van der Waals surface area (Å²) in [7, 11) is 0. The van der Waals surface area contributed by atoms with Crippen molar-refractivity contribution in [3.8, 4) is 11.1 Å². The molecule has 2 aromatic carbocycles. The normalized spacial score (nSPS) is 12.4. The van der Waals surface area contributed by atoms with Gasteiger partial charge in [0.15, 0.2) is 0 Å². The van der Waals surface area contributed by atoms with Gasteiger partial charge in [0.05, 0.1) is 0 Å². The Hall–Kier alpha value is -1.60. The Kier molecular flexibility index (Phi) is 4.97. The topological polar surface area (TPSA) is 12.0 Å². The van der Waals surface area contributed by atoms with Crippen molar-refractivity contribution in [2.45, 2.75) is 40.2 Å². The van der Waals surface area contributed by atoms with Crippen LogP contribution in [-0.4, -0.2) is 12.6 Å². The maximum Gasteiger partial charge on any atom is 0.00790 e. The van der Waals surface area contributed by atoms with Crippen molar-refractivity contribution in [1.29, 1.82) is 0 Å². The third-order valence-electron chi connectivity index (χ3n) is 3.75. The maximum absolute atomic E-state index is 3.46. The van der Waals surface area contributed by atoms with Crippen LogP contribution in [0.2, 0.25) is 0 Å². The first-order chi connectivity index (χ1) is 9.60. The first-order valence-electron chi connectivity index (χ1n) is 7.50. The number of rotatable bonds is 5. The molecule has 0 spiro atoms. The van der Waals surface area contributed by atoms with E-state index >= 15 is 0 Å². The molecular weight excluding hydrogens is 242 g/mol. The average molecular weight is 267 g/mol. The van der Waals surface area contributed by atoms with E-state index in [2.05, 4.69) is 75.5 Å². The Morgan fingerprint density at radius 3 is 2.35 bits per heavy atom. The first kappa shape index (κ1) is 14.8. The fraction of sp³-hybridized carbons (Fsp3) is 0.368. The summed E-state index contributed by atoms with van der Waals surface area (Å²) in [4.78, 5) is 0. The van der Waals surface area contributed by atoms with Gasteiger partial charge in [-0.1, -0.05) is 55.0 Å². The number of likely N-dealkylation sites (N-methyl/N-ethyl adjacent to an activating group) is 1. The van der Waals surface area contributed by atoms with Gasteiger partial charge < -0.3 is 5.32 Å². The van der Waals surface area contributed by atoms with Crippen molar-refractivity contribution in [3.05, 3.63) is 59.2 Å². The van der Waals surface area contributed by atoms with Gasteiger partial charge in [-0.25, -0.2) is 0 Å². The highest BCUT2D eigenvalue weighted by Gasteiger charge is 2.04. The molecule has 0 amide bonds. The number of hydrogen-bond donors (Lipinski definition) is 1. The van der Waals surface area contributed by atoms with Gasteiger partial charge in [0.2, 0.25) is 0 Å². The van der Waals surface area contributed by atoms with Crippen LogP contribution in [0.15, 0.2) is 42.5 Å². The summed E-state index contributed by atoms with van der Waals surface area (Å²) in [6, 6.07) is 16.2. The van der Waals surface area contributed by atoms with E-state index in [4.69, 9.17) is 0 Å². The van der Waals surface area contributed by atoms with Crippen molar-refractivity contribution < 1.29 is 0 Å². The minimum Gasteiger partial charge on any atom is -0.314 e. The van der Waals surface area contributed by atoms with Gasteiger partial charge in [-0.2, -0.15) is 0 Å². The van der Waals surface area contributed by atoms with Crippen molar-refractivity contribution in [2.75, 3.05) is 6.54 Å². The van der Waals surface area contributed by atoms with E-state index < -0.39 is 0 Å². The van der Waals surface area contributed by atoms with E-state index in [1.165, 1.54) is 27.8 Å². The van der Waals surface area contributed by atoms with Gasteiger partial charge in [-0.3, -0.25) is 0 Å². The van der Waals surface area contributed by atoms with Crippen LogP contribution < -0.4 is 5.32 Å². The molecule has 0 heterocycles. The molecule has 0 aliphatic heterocycles. The zero-order chi connectivity index (χ0) is 14.5. The molecule has 0 radical (unpaired) electrons. The van der Waals surface area contributed by atoms with Crippen molar-refractivity contribution in [3.63, 3.8) is 0 Å². The molecule has 1 unspecified atom stereocenters. The monoisotopic (exact) mass is 267 g/mol. The van der Waals surface area contributed by atoms with E-state index in [9.17, 15) is 0 Å². The van der Waals surface area contributed by atoms with E-state index in [0.717, 1.165) is 13.0 Å². The minimum absolute atomic E-state index is 0.534. The molecule has 20 heavy (non-hydrogen) atoms. The Balaban J connectivity index is 2.17. The summed E-state index contributed by atoms with van der Waals surface area (Å²) in [6.07, 6.45) is 1.08. The van der Waals surface area contributed by atoms with Crippen LogP contribution in [0.3, 0.4) is 0 Å². The zero-order valence-corrected chi connectivity index (χ0v) is 13.0. The summed E-state index contributed by atoms with van der Waals surface area (Å²) in [6.45, 7) is 9.75. The number of aryl methyl sites for hydroxylation is 2. The van der Waals surface area contributed by atoms with Crippen LogP contribution in [0.25, 0.3) is 11.1 Å². The molecule has 0 aromatic heterocycles. The highest BCUT2D eigenvalue weighted by atomic mass is 14.9.